The van der Waals surface area contributed by atoms with Crippen molar-refractivity contribution in [1.82, 2.24) is 9.97 Å². The number of benzene rings is 1. The third-order valence-corrected chi connectivity index (χ3v) is 7.14. The van der Waals surface area contributed by atoms with Gasteiger partial charge in [0.25, 0.3) is 10.0 Å². The normalized spacial score (nSPS) is 15.1. The zero-order valence-electron chi connectivity index (χ0n) is 19.6. The molecule has 0 spiro atoms. The summed E-state index contributed by atoms with van der Waals surface area (Å²) in [5.41, 5.74) is 2.56. The van der Waals surface area contributed by atoms with Gasteiger partial charge in [0.1, 0.15) is 5.69 Å². The first-order valence-corrected chi connectivity index (χ1v) is 12.5. The molecule has 1 aliphatic rings. The van der Waals surface area contributed by atoms with Gasteiger partial charge in [0.15, 0.2) is 0 Å². The fourth-order valence-electron chi connectivity index (χ4n) is 3.60. The Labute approximate surface area is 209 Å². The molecule has 0 radical (unpaired) electrons. The average Bonchev–Trinajstić information content (AvgIpc) is 2.88. The molecule has 2 heterocycles. The van der Waals surface area contributed by atoms with Crippen LogP contribution in [0.4, 0.5) is 5.69 Å². The number of nitrogens with zero attached hydrogens (tertiary/aromatic N) is 2. The average molecular weight is 502 g/mol. The number of hydrogen-bond donors (Lipinski definition) is 2. The molecule has 1 aliphatic carbocycles. The minimum Gasteiger partial charge on any atom is -0.481 e. The van der Waals surface area contributed by atoms with Crippen molar-refractivity contribution in [3.8, 4) is 17.7 Å². The van der Waals surface area contributed by atoms with Crippen molar-refractivity contribution in [3.05, 3.63) is 100 Å². The molecule has 36 heavy (non-hydrogen) atoms. The molecule has 0 bridgehead atoms. The molecular weight excluding hydrogens is 478 g/mol. The van der Waals surface area contributed by atoms with Gasteiger partial charge in [-0.15, -0.1) is 0 Å². The fraction of sp³-hybridized carbons (Fsp3) is 0.148. The third kappa shape index (κ3) is 5.62. The van der Waals surface area contributed by atoms with E-state index in [9.17, 15) is 13.2 Å². The predicted molar refractivity (Wildman–Crippen MR) is 137 cm³/mol. The Morgan fingerprint density at radius 2 is 1.92 bits per heavy atom. The summed E-state index contributed by atoms with van der Waals surface area (Å²) in [6.07, 6.45) is 5.51. The monoisotopic (exact) mass is 501 g/mol. The molecule has 0 aliphatic heterocycles. The lowest BCUT2D eigenvalue weighted by Crippen LogP contribution is -2.21. The van der Waals surface area contributed by atoms with Crippen LogP contribution in [0.2, 0.25) is 0 Å². The molecule has 0 amide bonds. The summed E-state index contributed by atoms with van der Waals surface area (Å²) >= 11 is 0. The summed E-state index contributed by atoms with van der Waals surface area (Å²) in [6.45, 7) is 1.86. The Bertz CT molecular complexity index is 1530. The van der Waals surface area contributed by atoms with Gasteiger partial charge in [-0.3, -0.25) is 4.72 Å². The number of nitrogens with one attached hydrogen (secondary N) is 1. The van der Waals surface area contributed by atoms with Crippen molar-refractivity contribution in [2.24, 2.45) is 5.92 Å². The van der Waals surface area contributed by atoms with Crippen molar-refractivity contribution in [2.45, 2.75) is 13.3 Å². The van der Waals surface area contributed by atoms with Crippen molar-refractivity contribution in [1.29, 1.82) is 0 Å². The lowest BCUT2D eigenvalue weighted by atomic mass is 9.96. The van der Waals surface area contributed by atoms with Gasteiger partial charge in [0.2, 0.25) is 5.88 Å². The molecule has 3 aromatic rings. The van der Waals surface area contributed by atoms with Crippen LogP contribution in [-0.4, -0.2) is 36.6 Å². The first kappa shape index (κ1) is 24.7. The number of aromatic carboxylic acids is 1. The number of pyridine rings is 2. The van der Waals surface area contributed by atoms with Crippen LogP contribution in [0.15, 0.2) is 77.9 Å². The number of hydrogen-bond acceptors (Lipinski definition) is 6. The number of ether oxygens (including phenoxy) is 1. The molecular formula is C27H23N3O5S. The number of aromatic nitrogens is 2. The Morgan fingerprint density at radius 1 is 1.11 bits per heavy atom. The van der Waals surface area contributed by atoms with Crippen LogP contribution in [0.3, 0.4) is 0 Å². The molecule has 8 nitrogen and oxygen atoms in total. The summed E-state index contributed by atoms with van der Waals surface area (Å²) in [4.78, 5) is 19.5. The van der Waals surface area contributed by atoms with E-state index in [0.717, 1.165) is 0 Å². The number of para-hydroxylation sites is 1. The minimum absolute atomic E-state index is 0.0823. The highest BCUT2D eigenvalue weighted by molar-refractivity contribution is 7.96. The van der Waals surface area contributed by atoms with E-state index >= 15 is 0 Å². The quantitative estimate of drug-likeness (QED) is 0.483. The van der Waals surface area contributed by atoms with E-state index in [1.165, 1.54) is 19.4 Å². The summed E-state index contributed by atoms with van der Waals surface area (Å²) in [5, 5.41) is 8.98. The predicted octanol–water partition coefficient (Wildman–Crippen LogP) is 4.33. The lowest BCUT2D eigenvalue weighted by molar-refractivity contribution is 0.0690. The van der Waals surface area contributed by atoms with Gasteiger partial charge in [-0.05, 0) is 54.3 Å². The van der Waals surface area contributed by atoms with Gasteiger partial charge in [-0.1, -0.05) is 43.0 Å². The van der Waals surface area contributed by atoms with E-state index in [2.05, 4.69) is 26.5 Å². The topological polar surface area (TPSA) is 118 Å². The Kier molecular flexibility index (Phi) is 7.17. The molecule has 1 atom stereocenters. The largest absolute Gasteiger partial charge is 0.481 e. The van der Waals surface area contributed by atoms with Crippen molar-refractivity contribution in [3.63, 3.8) is 0 Å². The van der Waals surface area contributed by atoms with Gasteiger partial charge in [0.05, 0.1) is 23.4 Å². The summed E-state index contributed by atoms with van der Waals surface area (Å²) in [7, 11) is -2.37. The minimum atomic E-state index is -3.90. The van der Waals surface area contributed by atoms with E-state index in [-0.39, 0.29) is 16.5 Å². The molecule has 4 rings (SSSR count). The molecule has 0 saturated heterocycles. The highest BCUT2D eigenvalue weighted by Gasteiger charge is 2.27. The maximum atomic E-state index is 13.4. The Morgan fingerprint density at radius 3 is 2.64 bits per heavy atom. The number of methoxy groups -OCH3 is 1. The van der Waals surface area contributed by atoms with Gasteiger partial charge in [-0.2, -0.15) is 0 Å². The van der Waals surface area contributed by atoms with Crippen LogP contribution in [-0.2, 0) is 10.0 Å². The number of carboxylic acid groups (broad SMARTS) is 1. The first-order chi connectivity index (χ1) is 17.3. The number of sulfonamides is 1. The van der Waals surface area contributed by atoms with Crippen molar-refractivity contribution in [2.75, 3.05) is 11.8 Å². The standard InChI is InChI=1S/C27H23N3O5S/c1-18-10-13-21(22-8-5-9-26(29-22)35-2)16-25(18)36(33,34)30-23-7-4-3-6-20(23)14-11-19-12-15-24(27(31)32)28-17-19/h3-9,12-13,15-18,30H,10H2,1-2H3,(H,31,32). The first-order valence-electron chi connectivity index (χ1n) is 11.0. The molecule has 1 aromatic carbocycles. The lowest BCUT2D eigenvalue weighted by Gasteiger charge is -2.21. The second-order valence-electron chi connectivity index (χ2n) is 8.05. The second kappa shape index (κ2) is 10.5. The van der Waals surface area contributed by atoms with Crippen LogP contribution < -0.4 is 9.46 Å². The maximum Gasteiger partial charge on any atom is 0.354 e. The molecule has 2 aromatic heterocycles. The number of allylic oxidation sites excluding steroid dienone is 4. The maximum absolute atomic E-state index is 13.4. The van der Waals surface area contributed by atoms with Crippen molar-refractivity contribution >= 4 is 27.3 Å². The van der Waals surface area contributed by atoms with Gasteiger partial charge in [-0.25, -0.2) is 23.2 Å². The van der Waals surface area contributed by atoms with Gasteiger partial charge in [0, 0.05) is 23.4 Å². The van der Waals surface area contributed by atoms with Gasteiger partial charge < -0.3 is 9.84 Å². The van der Waals surface area contributed by atoms with Crippen LogP contribution in [0.1, 0.15) is 40.7 Å². The Balaban J connectivity index is 1.62. The van der Waals surface area contributed by atoms with E-state index in [4.69, 9.17) is 9.84 Å². The molecule has 1 unspecified atom stereocenters. The van der Waals surface area contributed by atoms with Crippen LogP contribution in [0, 0.1) is 17.8 Å². The van der Waals surface area contributed by atoms with Crippen molar-refractivity contribution < 1.29 is 23.1 Å². The van der Waals surface area contributed by atoms with Crippen LogP contribution >= 0.6 is 0 Å². The molecule has 9 heteroatoms. The molecule has 182 valence electrons. The molecule has 0 fully saturated rings. The summed E-state index contributed by atoms with van der Waals surface area (Å²) in [6, 6.07) is 15.1. The van der Waals surface area contributed by atoms with E-state index in [1.807, 2.05) is 13.0 Å². The van der Waals surface area contributed by atoms with E-state index in [1.54, 1.807) is 54.6 Å². The van der Waals surface area contributed by atoms with E-state index < -0.39 is 16.0 Å². The smallest absolute Gasteiger partial charge is 0.354 e. The summed E-state index contributed by atoms with van der Waals surface area (Å²) in [5.74, 6) is 4.94. The fourth-order valence-corrected chi connectivity index (χ4v) is 5.10. The number of anilines is 1. The zero-order chi connectivity index (χ0) is 25.7. The SMILES string of the molecule is COc1cccc(C2=CCC(C)C(S(=O)(=O)Nc3ccccc3C#Cc3ccc(C(=O)O)nc3)=C2)n1. The van der Waals surface area contributed by atoms with E-state index in [0.29, 0.717) is 40.4 Å². The van der Waals surface area contributed by atoms with Gasteiger partial charge >= 0.3 is 5.97 Å². The number of rotatable bonds is 6. The number of carboxylic acids is 1. The third-order valence-electron chi connectivity index (χ3n) is 5.51. The number of carbonyl (C=O) groups is 1. The van der Waals surface area contributed by atoms with Crippen LogP contribution in [0.5, 0.6) is 5.88 Å². The Hall–Kier alpha value is -4.42. The summed E-state index contributed by atoms with van der Waals surface area (Å²) < 4.78 is 34.7. The molecule has 2 N–H and O–H groups in total. The van der Waals surface area contributed by atoms with Crippen LogP contribution in [0.25, 0.3) is 5.57 Å². The zero-order valence-corrected chi connectivity index (χ0v) is 20.4. The second-order valence-corrected chi connectivity index (χ2v) is 9.73. The molecule has 0 saturated carbocycles. The highest BCUT2D eigenvalue weighted by atomic mass is 32.2. The highest BCUT2D eigenvalue weighted by Crippen LogP contribution is 2.33.